The van der Waals surface area contributed by atoms with Crippen molar-refractivity contribution in [2.45, 2.75) is 18.4 Å². The molecule has 146 valence electrons. The summed E-state index contributed by atoms with van der Waals surface area (Å²) in [6.07, 6.45) is 0. The molecule has 0 aliphatic carbocycles. The number of likely N-dealkylation sites (N-methyl/N-ethyl adjacent to an activating group) is 1. The zero-order chi connectivity index (χ0) is 20.0. The predicted octanol–water partition coefficient (Wildman–Crippen LogP) is 1.94. The average Bonchev–Trinajstić information content (AvgIpc) is 2.60. The Bertz CT molecular complexity index is 919. The van der Waals surface area contributed by atoms with Gasteiger partial charge in [0.25, 0.3) is 0 Å². The molecular weight excluding hydrogens is 373 g/mol. The van der Waals surface area contributed by atoms with Gasteiger partial charge in [0.2, 0.25) is 15.9 Å². The van der Waals surface area contributed by atoms with Crippen LogP contribution in [-0.2, 0) is 21.4 Å². The molecule has 1 amide bonds. The lowest BCUT2D eigenvalue weighted by atomic mass is 10.2. The predicted molar refractivity (Wildman–Crippen MR) is 100 cm³/mol. The summed E-state index contributed by atoms with van der Waals surface area (Å²) in [7, 11) is -2.45. The minimum absolute atomic E-state index is 0.0593. The second kappa shape index (κ2) is 8.94. The lowest BCUT2D eigenvalue weighted by molar-refractivity contribution is -0.117. The molecule has 2 rings (SSSR count). The molecular formula is C18H22FN3O4S. The lowest BCUT2D eigenvalue weighted by Crippen LogP contribution is -2.32. The Balaban J connectivity index is 2.02. The molecule has 0 aliphatic rings. The fourth-order valence-electron chi connectivity index (χ4n) is 2.50. The molecule has 0 fully saturated rings. The molecule has 7 nitrogen and oxygen atoms in total. The number of ether oxygens (including phenoxy) is 1. The maximum absolute atomic E-state index is 13.8. The van der Waals surface area contributed by atoms with Gasteiger partial charge in [-0.05, 0) is 42.4 Å². The maximum atomic E-state index is 13.8. The van der Waals surface area contributed by atoms with E-state index in [0.29, 0.717) is 24.3 Å². The number of rotatable bonds is 8. The molecule has 0 radical (unpaired) electrons. The molecule has 0 bridgehead atoms. The van der Waals surface area contributed by atoms with Crippen LogP contribution in [-0.4, -0.2) is 39.4 Å². The summed E-state index contributed by atoms with van der Waals surface area (Å²) in [6.45, 7) is 2.89. The zero-order valence-electron chi connectivity index (χ0n) is 15.1. The standard InChI is InChI=1S/C18H22FN3O4S/c1-3-22(11-13-7-8-17(26-2)16(19)9-13)12-18(23)21-14-5-4-6-15(10-14)27(20,24)25/h4-10H,3,11-12H2,1-2H3,(H,21,23)(H2,20,24,25). The van der Waals surface area contributed by atoms with Gasteiger partial charge in [0.1, 0.15) is 0 Å². The van der Waals surface area contributed by atoms with Crippen LogP contribution in [0.1, 0.15) is 12.5 Å². The van der Waals surface area contributed by atoms with Crippen LogP contribution in [0.3, 0.4) is 0 Å². The molecule has 2 aromatic rings. The molecule has 0 saturated carbocycles. The summed E-state index contributed by atoms with van der Waals surface area (Å²) in [5.74, 6) is -0.623. The van der Waals surface area contributed by atoms with Gasteiger partial charge in [0, 0.05) is 12.2 Å². The quantitative estimate of drug-likeness (QED) is 0.711. The van der Waals surface area contributed by atoms with E-state index in [9.17, 15) is 17.6 Å². The molecule has 0 spiro atoms. The van der Waals surface area contributed by atoms with Crippen molar-refractivity contribution in [3.05, 3.63) is 53.8 Å². The summed E-state index contributed by atoms with van der Waals surface area (Å²) in [5.41, 5.74) is 1.04. The summed E-state index contributed by atoms with van der Waals surface area (Å²) in [6, 6.07) is 10.4. The Morgan fingerprint density at radius 1 is 1.26 bits per heavy atom. The zero-order valence-corrected chi connectivity index (χ0v) is 15.9. The lowest BCUT2D eigenvalue weighted by Gasteiger charge is -2.20. The third-order valence-electron chi connectivity index (χ3n) is 3.88. The highest BCUT2D eigenvalue weighted by atomic mass is 32.2. The largest absolute Gasteiger partial charge is 0.494 e. The van der Waals surface area contributed by atoms with Crippen LogP contribution in [0.4, 0.5) is 10.1 Å². The number of primary sulfonamides is 1. The molecule has 0 aromatic heterocycles. The number of sulfonamides is 1. The number of hydrogen-bond acceptors (Lipinski definition) is 5. The smallest absolute Gasteiger partial charge is 0.238 e. The topological polar surface area (TPSA) is 102 Å². The van der Waals surface area contributed by atoms with Gasteiger partial charge in [0.15, 0.2) is 11.6 Å². The van der Waals surface area contributed by atoms with Gasteiger partial charge < -0.3 is 10.1 Å². The normalized spacial score (nSPS) is 11.4. The highest BCUT2D eigenvalue weighted by Crippen LogP contribution is 2.19. The average molecular weight is 395 g/mol. The van der Waals surface area contributed by atoms with Crippen molar-refractivity contribution >= 4 is 21.6 Å². The monoisotopic (exact) mass is 395 g/mol. The SMILES string of the molecule is CCN(CC(=O)Nc1cccc(S(N)(=O)=O)c1)Cc1ccc(OC)c(F)c1. The van der Waals surface area contributed by atoms with E-state index in [0.717, 1.165) is 0 Å². The van der Waals surface area contributed by atoms with Crippen molar-refractivity contribution < 1.29 is 22.3 Å². The second-order valence-corrected chi connectivity index (χ2v) is 7.45. The van der Waals surface area contributed by atoms with Gasteiger partial charge in [-0.3, -0.25) is 9.69 Å². The fourth-order valence-corrected chi connectivity index (χ4v) is 3.06. The number of anilines is 1. The Hall–Kier alpha value is -2.49. The van der Waals surface area contributed by atoms with E-state index < -0.39 is 15.8 Å². The number of halogens is 1. The number of carbonyl (C=O) groups is 1. The molecule has 0 atom stereocenters. The number of nitrogens with zero attached hydrogens (tertiary/aromatic N) is 1. The molecule has 3 N–H and O–H groups in total. The number of benzene rings is 2. The summed E-state index contributed by atoms with van der Waals surface area (Å²) in [4.78, 5) is 14.0. The van der Waals surface area contributed by atoms with Gasteiger partial charge in [-0.15, -0.1) is 0 Å². The van der Waals surface area contributed by atoms with E-state index >= 15 is 0 Å². The molecule has 0 heterocycles. The van der Waals surface area contributed by atoms with Crippen LogP contribution in [0.15, 0.2) is 47.4 Å². The summed E-state index contributed by atoms with van der Waals surface area (Å²) in [5, 5.41) is 7.73. The molecule has 27 heavy (non-hydrogen) atoms. The first kappa shape index (κ1) is 20.8. The highest BCUT2D eigenvalue weighted by molar-refractivity contribution is 7.89. The third-order valence-corrected chi connectivity index (χ3v) is 4.79. The number of methoxy groups -OCH3 is 1. The van der Waals surface area contributed by atoms with E-state index in [1.807, 2.05) is 11.8 Å². The van der Waals surface area contributed by atoms with Crippen LogP contribution < -0.4 is 15.2 Å². The van der Waals surface area contributed by atoms with E-state index in [4.69, 9.17) is 9.88 Å². The summed E-state index contributed by atoms with van der Waals surface area (Å²) < 4.78 is 41.5. The van der Waals surface area contributed by atoms with Crippen molar-refractivity contribution in [2.75, 3.05) is 25.5 Å². The Morgan fingerprint density at radius 3 is 2.59 bits per heavy atom. The highest BCUT2D eigenvalue weighted by Gasteiger charge is 2.13. The Kier molecular flexibility index (Phi) is 6.89. The van der Waals surface area contributed by atoms with Crippen molar-refractivity contribution in [1.29, 1.82) is 0 Å². The van der Waals surface area contributed by atoms with Crippen molar-refractivity contribution in [3.63, 3.8) is 0 Å². The van der Waals surface area contributed by atoms with Gasteiger partial charge in [0.05, 0.1) is 18.6 Å². The molecule has 0 unspecified atom stereocenters. The van der Waals surface area contributed by atoms with Crippen LogP contribution in [0, 0.1) is 5.82 Å². The summed E-state index contributed by atoms with van der Waals surface area (Å²) >= 11 is 0. The van der Waals surface area contributed by atoms with Crippen LogP contribution in [0.25, 0.3) is 0 Å². The minimum Gasteiger partial charge on any atom is -0.494 e. The fraction of sp³-hybridized carbons (Fsp3) is 0.278. The van der Waals surface area contributed by atoms with Gasteiger partial charge in [-0.1, -0.05) is 19.1 Å². The first-order valence-corrected chi connectivity index (χ1v) is 9.75. The molecule has 0 aliphatic heterocycles. The van der Waals surface area contributed by atoms with E-state index in [1.165, 1.54) is 37.4 Å². The number of nitrogens with two attached hydrogens (primary N) is 1. The molecule has 9 heteroatoms. The van der Waals surface area contributed by atoms with E-state index in [2.05, 4.69) is 5.32 Å². The van der Waals surface area contributed by atoms with Crippen molar-refractivity contribution in [3.8, 4) is 5.75 Å². The van der Waals surface area contributed by atoms with Gasteiger partial charge >= 0.3 is 0 Å². The molecule has 2 aromatic carbocycles. The van der Waals surface area contributed by atoms with E-state index in [-0.39, 0.29) is 23.1 Å². The first-order chi connectivity index (χ1) is 12.7. The number of amides is 1. The van der Waals surface area contributed by atoms with Gasteiger partial charge in [-0.2, -0.15) is 0 Å². The van der Waals surface area contributed by atoms with Crippen molar-refractivity contribution in [2.24, 2.45) is 5.14 Å². The molecule has 0 saturated heterocycles. The number of carbonyl (C=O) groups excluding carboxylic acids is 1. The van der Waals surface area contributed by atoms with Gasteiger partial charge in [-0.25, -0.2) is 17.9 Å². The van der Waals surface area contributed by atoms with E-state index in [1.54, 1.807) is 12.1 Å². The Morgan fingerprint density at radius 2 is 2.00 bits per heavy atom. The Labute approximate surface area is 158 Å². The second-order valence-electron chi connectivity index (χ2n) is 5.89. The maximum Gasteiger partial charge on any atom is 0.238 e. The van der Waals surface area contributed by atoms with Crippen LogP contribution in [0.2, 0.25) is 0 Å². The first-order valence-electron chi connectivity index (χ1n) is 8.20. The third kappa shape index (κ3) is 6.02. The van der Waals surface area contributed by atoms with Crippen molar-refractivity contribution in [1.82, 2.24) is 4.90 Å². The number of hydrogen-bond donors (Lipinski definition) is 2. The van der Waals surface area contributed by atoms with Crippen LogP contribution in [0.5, 0.6) is 5.75 Å². The van der Waals surface area contributed by atoms with Crippen LogP contribution >= 0.6 is 0 Å². The minimum atomic E-state index is -3.85. The number of nitrogens with one attached hydrogen (secondary N) is 1.